The van der Waals surface area contributed by atoms with E-state index >= 15 is 0 Å². The molecule has 0 radical (unpaired) electrons. The molecule has 0 aliphatic heterocycles. The molecule has 0 heterocycles. The van der Waals surface area contributed by atoms with Crippen LogP contribution in [-0.2, 0) is 5.41 Å². The quantitative estimate of drug-likeness (QED) is 0.742. The Morgan fingerprint density at radius 3 is 2.00 bits per heavy atom. The van der Waals surface area contributed by atoms with Crippen LogP contribution in [0, 0.1) is 17.8 Å². The van der Waals surface area contributed by atoms with Crippen LogP contribution in [0.4, 0.5) is 11.4 Å². The van der Waals surface area contributed by atoms with Crippen LogP contribution in [0.1, 0.15) is 44.1 Å². The van der Waals surface area contributed by atoms with E-state index < -0.39 is 0 Å². The first-order chi connectivity index (χ1) is 8.64. The third-order valence-electron chi connectivity index (χ3n) is 5.69. The molecule has 1 aromatic carbocycles. The lowest BCUT2D eigenvalue weighted by molar-refractivity contribution is -0.00481. The summed E-state index contributed by atoms with van der Waals surface area (Å²) in [6.07, 6.45) is 8.48. The lowest BCUT2D eigenvalue weighted by atomic mass is 9.48. The Labute approximate surface area is 109 Å². The molecular weight excluding hydrogens is 220 g/mol. The fourth-order valence-electron chi connectivity index (χ4n) is 5.47. The topological polar surface area (TPSA) is 52.0 Å². The van der Waals surface area contributed by atoms with Gasteiger partial charge in [0.25, 0.3) is 0 Å². The minimum atomic E-state index is 0.369. The molecule has 18 heavy (non-hydrogen) atoms. The largest absolute Gasteiger partial charge is 0.399 e. The molecule has 0 atom stereocenters. The summed E-state index contributed by atoms with van der Waals surface area (Å²) in [7, 11) is 0. The first-order valence-electron chi connectivity index (χ1n) is 7.30. The normalized spacial score (nSPS) is 41.2. The number of nitrogen functional groups attached to an aromatic ring is 2. The second-order valence-corrected chi connectivity index (χ2v) is 7.04. The van der Waals surface area contributed by atoms with Gasteiger partial charge in [-0.3, -0.25) is 0 Å². The summed E-state index contributed by atoms with van der Waals surface area (Å²) in [5.41, 5.74) is 15.8. The van der Waals surface area contributed by atoms with E-state index in [0.717, 1.165) is 29.1 Å². The number of benzene rings is 1. The second-order valence-electron chi connectivity index (χ2n) is 7.04. The Morgan fingerprint density at radius 2 is 1.44 bits per heavy atom. The summed E-state index contributed by atoms with van der Waals surface area (Å²) in [4.78, 5) is 0. The van der Waals surface area contributed by atoms with Crippen LogP contribution >= 0.6 is 0 Å². The third kappa shape index (κ3) is 1.41. The van der Waals surface area contributed by atoms with Gasteiger partial charge in [0.1, 0.15) is 0 Å². The molecule has 0 aromatic heterocycles. The molecule has 2 nitrogen and oxygen atoms in total. The van der Waals surface area contributed by atoms with Crippen LogP contribution in [0.2, 0.25) is 0 Å². The molecule has 2 heteroatoms. The van der Waals surface area contributed by atoms with Crippen molar-refractivity contribution in [1.82, 2.24) is 0 Å². The van der Waals surface area contributed by atoms with Gasteiger partial charge in [0, 0.05) is 11.4 Å². The van der Waals surface area contributed by atoms with Crippen LogP contribution < -0.4 is 11.5 Å². The standard InChI is InChI=1S/C16H22N2/c17-13-1-2-15(18)14(6-13)16-7-10-3-11(8-16)5-12(4-10)9-16/h1-2,6,10-12H,3-5,7-9,17-18H2. The zero-order valence-electron chi connectivity index (χ0n) is 10.9. The zero-order valence-corrected chi connectivity index (χ0v) is 10.9. The van der Waals surface area contributed by atoms with Crippen LogP contribution in [0.25, 0.3) is 0 Å². The fraction of sp³-hybridized carbons (Fsp3) is 0.625. The van der Waals surface area contributed by atoms with Crippen molar-refractivity contribution >= 4 is 11.4 Å². The van der Waals surface area contributed by atoms with E-state index in [2.05, 4.69) is 6.07 Å². The van der Waals surface area contributed by atoms with Gasteiger partial charge in [-0.2, -0.15) is 0 Å². The lowest BCUT2D eigenvalue weighted by Crippen LogP contribution is -2.48. The maximum Gasteiger partial charge on any atom is 0.0353 e. The van der Waals surface area contributed by atoms with Crippen LogP contribution in [0.3, 0.4) is 0 Å². The molecule has 0 spiro atoms. The Balaban J connectivity index is 1.81. The van der Waals surface area contributed by atoms with E-state index in [1.165, 1.54) is 44.1 Å². The highest BCUT2D eigenvalue weighted by molar-refractivity contribution is 5.58. The Kier molecular flexibility index (Phi) is 2.04. The van der Waals surface area contributed by atoms with Gasteiger partial charge in [-0.25, -0.2) is 0 Å². The van der Waals surface area contributed by atoms with E-state index in [4.69, 9.17) is 11.5 Å². The average Bonchev–Trinajstić information content (AvgIpc) is 2.30. The van der Waals surface area contributed by atoms with Crippen molar-refractivity contribution in [3.05, 3.63) is 23.8 Å². The lowest BCUT2D eigenvalue weighted by Gasteiger charge is -2.57. The van der Waals surface area contributed by atoms with Crippen molar-refractivity contribution in [2.45, 2.75) is 43.9 Å². The predicted molar refractivity (Wildman–Crippen MR) is 75.1 cm³/mol. The third-order valence-corrected chi connectivity index (χ3v) is 5.69. The SMILES string of the molecule is Nc1ccc(N)c(C23CC4CC(CC(C4)C2)C3)c1. The highest BCUT2D eigenvalue weighted by atomic mass is 14.6. The van der Waals surface area contributed by atoms with Crippen molar-refractivity contribution in [2.75, 3.05) is 11.5 Å². The minimum Gasteiger partial charge on any atom is -0.399 e. The Bertz CT molecular complexity index is 457. The van der Waals surface area contributed by atoms with E-state index in [-0.39, 0.29) is 0 Å². The van der Waals surface area contributed by atoms with Gasteiger partial charge >= 0.3 is 0 Å². The van der Waals surface area contributed by atoms with E-state index in [9.17, 15) is 0 Å². The van der Waals surface area contributed by atoms with Crippen molar-refractivity contribution in [1.29, 1.82) is 0 Å². The van der Waals surface area contributed by atoms with Gasteiger partial charge < -0.3 is 11.5 Å². The maximum atomic E-state index is 6.26. The molecule has 0 saturated heterocycles. The number of hydrogen-bond donors (Lipinski definition) is 2. The number of hydrogen-bond acceptors (Lipinski definition) is 2. The first-order valence-corrected chi connectivity index (χ1v) is 7.30. The van der Waals surface area contributed by atoms with Crippen LogP contribution in [0.5, 0.6) is 0 Å². The summed E-state index contributed by atoms with van der Waals surface area (Å²) >= 11 is 0. The van der Waals surface area contributed by atoms with Gasteiger partial charge in [0.05, 0.1) is 0 Å². The van der Waals surface area contributed by atoms with E-state index in [1.807, 2.05) is 12.1 Å². The minimum absolute atomic E-state index is 0.369. The molecule has 0 amide bonds. The summed E-state index contributed by atoms with van der Waals surface area (Å²) < 4.78 is 0. The predicted octanol–water partition coefficient (Wildman–Crippen LogP) is 3.32. The van der Waals surface area contributed by atoms with Crippen molar-refractivity contribution in [2.24, 2.45) is 17.8 Å². The van der Waals surface area contributed by atoms with Gasteiger partial charge in [-0.1, -0.05) is 0 Å². The van der Waals surface area contributed by atoms with Gasteiger partial charge in [0.15, 0.2) is 0 Å². The number of rotatable bonds is 1. The zero-order chi connectivity index (χ0) is 12.3. The Hall–Kier alpha value is -1.18. The van der Waals surface area contributed by atoms with Gasteiger partial charge in [-0.15, -0.1) is 0 Å². The van der Waals surface area contributed by atoms with Crippen molar-refractivity contribution in [3.63, 3.8) is 0 Å². The summed E-state index contributed by atoms with van der Waals surface area (Å²) in [5.74, 6) is 2.87. The molecule has 0 unspecified atom stereocenters. The summed E-state index contributed by atoms with van der Waals surface area (Å²) in [5, 5.41) is 0. The van der Waals surface area contributed by atoms with E-state index in [1.54, 1.807) is 0 Å². The molecule has 4 aliphatic carbocycles. The molecule has 96 valence electrons. The molecule has 4 saturated carbocycles. The smallest absolute Gasteiger partial charge is 0.0353 e. The maximum absolute atomic E-state index is 6.26. The molecular formula is C16H22N2. The first kappa shape index (κ1) is 10.7. The second kappa shape index (κ2) is 3.43. The monoisotopic (exact) mass is 242 g/mol. The molecule has 5 rings (SSSR count). The number of anilines is 2. The fourth-order valence-corrected chi connectivity index (χ4v) is 5.47. The van der Waals surface area contributed by atoms with Crippen molar-refractivity contribution < 1.29 is 0 Å². The van der Waals surface area contributed by atoms with Crippen LogP contribution in [0.15, 0.2) is 18.2 Å². The van der Waals surface area contributed by atoms with Crippen LogP contribution in [-0.4, -0.2) is 0 Å². The van der Waals surface area contributed by atoms with Gasteiger partial charge in [0.2, 0.25) is 0 Å². The molecule has 4 N–H and O–H groups in total. The molecule has 4 fully saturated rings. The highest BCUT2D eigenvalue weighted by Crippen LogP contribution is 2.61. The molecule has 4 bridgehead atoms. The Morgan fingerprint density at radius 1 is 0.889 bits per heavy atom. The summed E-state index contributed by atoms with van der Waals surface area (Å²) in [6.45, 7) is 0. The van der Waals surface area contributed by atoms with Gasteiger partial charge in [-0.05, 0) is 85.5 Å². The average molecular weight is 242 g/mol. The highest BCUT2D eigenvalue weighted by Gasteiger charge is 2.52. The number of nitrogens with two attached hydrogens (primary N) is 2. The van der Waals surface area contributed by atoms with Crippen molar-refractivity contribution in [3.8, 4) is 0 Å². The molecule has 4 aliphatic rings. The molecule has 1 aromatic rings. The summed E-state index contributed by atoms with van der Waals surface area (Å²) in [6, 6.07) is 6.09. The van der Waals surface area contributed by atoms with E-state index in [0.29, 0.717) is 5.41 Å².